The Bertz CT molecular complexity index is 571. The highest BCUT2D eigenvalue weighted by atomic mass is 32.1. The molecular weight excluding hydrogens is 206 g/mol. The number of hydrogen-bond donors (Lipinski definition) is 0. The zero-order chi connectivity index (χ0) is 10.3. The molecule has 0 aliphatic carbocycles. The van der Waals surface area contributed by atoms with Crippen molar-refractivity contribution in [3.63, 3.8) is 0 Å². The highest BCUT2D eigenvalue weighted by Gasteiger charge is 2.08. The van der Waals surface area contributed by atoms with Crippen LogP contribution in [0.5, 0.6) is 0 Å². The second kappa shape index (κ2) is 2.88. The summed E-state index contributed by atoms with van der Waals surface area (Å²) in [5, 5.41) is 15.0. The number of aromatic nitrogens is 3. The maximum Gasteiger partial charge on any atom is 0.284 e. The quantitative estimate of drug-likeness (QED) is 0.591. The van der Waals surface area contributed by atoms with E-state index in [4.69, 9.17) is 0 Å². The van der Waals surface area contributed by atoms with Crippen molar-refractivity contribution in [1.82, 2.24) is 14.6 Å². The molecule has 14 heavy (non-hydrogen) atoms. The number of aryl methyl sites for hydroxylation is 1. The Labute approximate surface area is 81.5 Å². The van der Waals surface area contributed by atoms with Gasteiger partial charge in [-0.3, -0.25) is 4.79 Å². The number of hydrogen-bond acceptors (Lipinski definition) is 6. The second-order valence-corrected chi connectivity index (χ2v) is 3.74. The van der Waals surface area contributed by atoms with Crippen LogP contribution < -0.4 is 10.7 Å². The smallest absolute Gasteiger partial charge is 0.284 e. The van der Waals surface area contributed by atoms with Gasteiger partial charge in [-0.1, -0.05) is 11.3 Å². The Kier molecular flexibility index (Phi) is 1.81. The van der Waals surface area contributed by atoms with Gasteiger partial charge in [0.2, 0.25) is 4.96 Å². The number of aromatic carboxylic acids is 1. The summed E-state index contributed by atoms with van der Waals surface area (Å²) in [6.07, 6.45) is 0.991. The molecule has 7 heteroatoms. The largest absolute Gasteiger partial charge is 0.545 e. The Hall–Kier alpha value is -1.76. The van der Waals surface area contributed by atoms with Crippen molar-refractivity contribution in [1.29, 1.82) is 0 Å². The monoisotopic (exact) mass is 210 g/mol. The third-order valence-electron chi connectivity index (χ3n) is 1.61. The predicted molar refractivity (Wildman–Crippen MR) is 46.2 cm³/mol. The van der Waals surface area contributed by atoms with Crippen LogP contribution in [0.2, 0.25) is 0 Å². The van der Waals surface area contributed by atoms with E-state index in [0.29, 0.717) is 9.97 Å². The summed E-state index contributed by atoms with van der Waals surface area (Å²) in [6.45, 7) is 1.71. The number of fused-ring (bicyclic) bond motifs is 1. The fourth-order valence-electron chi connectivity index (χ4n) is 1.02. The molecule has 0 spiro atoms. The molecule has 2 heterocycles. The van der Waals surface area contributed by atoms with E-state index < -0.39 is 17.1 Å². The van der Waals surface area contributed by atoms with Crippen LogP contribution in [0.15, 0.2) is 11.0 Å². The molecule has 0 amide bonds. The van der Waals surface area contributed by atoms with Gasteiger partial charge in [0.05, 0.1) is 11.5 Å². The topological polar surface area (TPSA) is 87.4 Å². The normalized spacial score (nSPS) is 10.6. The first-order valence-corrected chi connectivity index (χ1v) is 4.48. The lowest BCUT2D eigenvalue weighted by Crippen LogP contribution is -2.32. The number of carbonyl (C=O) groups is 1. The molecule has 0 fully saturated rings. The number of rotatable bonds is 1. The molecule has 0 radical (unpaired) electrons. The van der Waals surface area contributed by atoms with Gasteiger partial charge in [-0.15, -0.1) is 0 Å². The maximum absolute atomic E-state index is 11.4. The van der Waals surface area contributed by atoms with Gasteiger partial charge < -0.3 is 9.90 Å². The van der Waals surface area contributed by atoms with Crippen LogP contribution >= 0.6 is 11.3 Å². The average Bonchev–Trinajstić information content (AvgIpc) is 2.46. The molecular formula is C7H4N3O3S-. The van der Waals surface area contributed by atoms with Crippen LogP contribution in [-0.4, -0.2) is 20.6 Å². The number of nitrogens with zero attached hydrogens (tertiary/aromatic N) is 3. The molecule has 0 aromatic carbocycles. The summed E-state index contributed by atoms with van der Waals surface area (Å²) in [7, 11) is 0. The minimum Gasteiger partial charge on any atom is -0.545 e. The van der Waals surface area contributed by atoms with Gasteiger partial charge in [-0.25, -0.2) is 4.98 Å². The van der Waals surface area contributed by atoms with Gasteiger partial charge in [-0.2, -0.15) is 9.61 Å². The van der Waals surface area contributed by atoms with E-state index in [1.807, 2.05) is 0 Å². The van der Waals surface area contributed by atoms with Gasteiger partial charge in [-0.05, 0) is 6.92 Å². The molecule has 72 valence electrons. The summed E-state index contributed by atoms with van der Waals surface area (Å²) < 4.78 is 0.963. The first kappa shape index (κ1) is 8.82. The minimum atomic E-state index is -1.54. The summed E-state index contributed by atoms with van der Waals surface area (Å²) in [5.74, 6) is -1.54. The van der Waals surface area contributed by atoms with E-state index in [2.05, 4.69) is 10.1 Å². The lowest BCUT2D eigenvalue weighted by atomic mass is 10.3. The number of carboxylic acid groups (broad SMARTS) is 1. The molecule has 0 bridgehead atoms. The van der Waals surface area contributed by atoms with Crippen LogP contribution in [-0.2, 0) is 0 Å². The van der Waals surface area contributed by atoms with Gasteiger partial charge in [0.25, 0.3) is 5.56 Å². The van der Waals surface area contributed by atoms with Crippen molar-refractivity contribution >= 4 is 22.3 Å². The molecule has 6 nitrogen and oxygen atoms in total. The Morgan fingerprint density at radius 3 is 3.00 bits per heavy atom. The fraction of sp³-hybridized carbons (Fsp3) is 0.143. The number of carboxylic acids is 1. The van der Waals surface area contributed by atoms with Crippen molar-refractivity contribution in [3.8, 4) is 0 Å². The van der Waals surface area contributed by atoms with E-state index in [1.165, 1.54) is 11.3 Å². The molecule has 0 saturated heterocycles. The second-order valence-electron chi connectivity index (χ2n) is 2.58. The van der Waals surface area contributed by atoms with Gasteiger partial charge in [0.1, 0.15) is 5.01 Å². The predicted octanol–water partition coefficient (Wildman–Crippen LogP) is -1.18. The van der Waals surface area contributed by atoms with Gasteiger partial charge in [0.15, 0.2) is 0 Å². The summed E-state index contributed by atoms with van der Waals surface area (Å²) >= 11 is 1.21. The maximum atomic E-state index is 11.4. The molecule has 2 aromatic rings. The van der Waals surface area contributed by atoms with Crippen molar-refractivity contribution in [2.24, 2.45) is 0 Å². The highest BCUT2D eigenvalue weighted by Crippen LogP contribution is 2.08. The van der Waals surface area contributed by atoms with Crippen LogP contribution in [0.4, 0.5) is 0 Å². The molecule has 0 atom stereocenters. The van der Waals surface area contributed by atoms with E-state index in [-0.39, 0.29) is 0 Å². The molecule has 0 saturated carbocycles. The van der Waals surface area contributed by atoms with Crippen LogP contribution in [0.1, 0.15) is 15.4 Å². The SMILES string of the molecule is Cc1nn2c(=O)c(C(=O)[O-])cnc2s1. The molecule has 0 unspecified atom stereocenters. The third-order valence-corrected chi connectivity index (χ3v) is 2.45. The molecule has 0 N–H and O–H groups in total. The lowest BCUT2D eigenvalue weighted by Gasteiger charge is -1.98. The summed E-state index contributed by atoms with van der Waals surface area (Å²) in [4.78, 5) is 26.1. The van der Waals surface area contributed by atoms with E-state index >= 15 is 0 Å². The minimum absolute atomic E-state index is 0.373. The molecule has 0 aliphatic heterocycles. The highest BCUT2D eigenvalue weighted by molar-refractivity contribution is 7.16. The van der Waals surface area contributed by atoms with Gasteiger partial charge >= 0.3 is 0 Å². The van der Waals surface area contributed by atoms with E-state index in [9.17, 15) is 14.7 Å². The van der Waals surface area contributed by atoms with Crippen LogP contribution in [0.3, 0.4) is 0 Å². The van der Waals surface area contributed by atoms with Crippen molar-refractivity contribution < 1.29 is 9.90 Å². The standard InChI is InChI=1S/C7H5N3O3S/c1-3-9-10-5(11)4(6(12)13)2-8-7(10)14-3/h2H,1H3,(H,12,13)/p-1. The zero-order valence-corrected chi connectivity index (χ0v) is 7.87. The third kappa shape index (κ3) is 1.18. The van der Waals surface area contributed by atoms with Crippen molar-refractivity contribution in [2.75, 3.05) is 0 Å². The van der Waals surface area contributed by atoms with Crippen molar-refractivity contribution in [2.45, 2.75) is 6.92 Å². The fourth-order valence-corrected chi connectivity index (χ4v) is 1.72. The Morgan fingerprint density at radius 1 is 1.64 bits per heavy atom. The zero-order valence-electron chi connectivity index (χ0n) is 7.05. The van der Waals surface area contributed by atoms with E-state index in [0.717, 1.165) is 10.7 Å². The average molecular weight is 210 g/mol. The van der Waals surface area contributed by atoms with E-state index in [1.54, 1.807) is 6.92 Å². The Balaban J connectivity index is 2.88. The van der Waals surface area contributed by atoms with Crippen molar-refractivity contribution in [3.05, 3.63) is 27.1 Å². The Morgan fingerprint density at radius 2 is 2.36 bits per heavy atom. The first-order valence-electron chi connectivity index (χ1n) is 3.66. The van der Waals surface area contributed by atoms with Gasteiger partial charge in [0, 0.05) is 6.20 Å². The summed E-state index contributed by atoms with van der Waals surface area (Å²) in [6, 6.07) is 0. The van der Waals surface area contributed by atoms with Crippen LogP contribution in [0, 0.1) is 6.92 Å². The summed E-state index contributed by atoms with van der Waals surface area (Å²) in [5.41, 5.74) is -1.19. The van der Waals surface area contributed by atoms with Crippen LogP contribution in [0.25, 0.3) is 4.96 Å². The molecule has 2 rings (SSSR count). The number of carbonyl (C=O) groups excluding carboxylic acids is 1. The first-order chi connectivity index (χ1) is 6.59. The lowest BCUT2D eigenvalue weighted by molar-refractivity contribution is -0.255. The molecule has 0 aliphatic rings. The molecule has 2 aromatic heterocycles.